The predicted octanol–water partition coefficient (Wildman–Crippen LogP) is 3.88. The first-order chi connectivity index (χ1) is 9.04. The molecule has 2 rings (SSSR count). The summed E-state index contributed by atoms with van der Waals surface area (Å²) in [6.07, 6.45) is 3.86. The van der Waals surface area contributed by atoms with Crippen LogP contribution in [0, 0.1) is 11.8 Å². The molecule has 1 amide bonds. The molecule has 3 atom stereocenters. The van der Waals surface area contributed by atoms with E-state index in [-0.39, 0.29) is 5.91 Å². The maximum Gasteiger partial charge on any atom is 0.221 e. The number of nitrogens with one attached hydrogen (secondary N) is 2. The molecule has 3 nitrogen and oxygen atoms in total. The van der Waals surface area contributed by atoms with Gasteiger partial charge in [0.15, 0.2) is 0 Å². The van der Waals surface area contributed by atoms with Gasteiger partial charge in [-0.15, -0.1) is 0 Å². The molecule has 2 N–H and O–H groups in total. The lowest BCUT2D eigenvalue weighted by atomic mass is 9.80. The number of anilines is 2. The largest absolute Gasteiger partial charge is 0.382 e. The van der Waals surface area contributed by atoms with Gasteiger partial charge in [-0.1, -0.05) is 26.3 Å². The van der Waals surface area contributed by atoms with Crippen molar-refractivity contribution in [2.24, 2.45) is 11.8 Å². The lowest BCUT2D eigenvalue weighted by Crippen LogP contribution is -2.33. The van der Waals surface area contributed by atoms with Gasteiger partial charge in [0.2, 0.25) is 5.91 Å². The molecule has 19 heavy (non-hydrogen) atoms. The van der Waals surface area contributed by atoms with Crippen molar-refractivity contribution in [3.05, 3.63) is 24.3 Å². The molecule has 0 heterocycles. The number of benzene rings is 1. The van der Waals surface area contributed by atoms with Crippen LogP contribution >= 0.6 is 0 Å². The van der Waals surface area contributed by atoms with Crippen LogP contribution < -0.4 is 10.6 Å². The Kier molecular flexibility index (Phi) is 4.46. The van der Waals surface area contributed by atoms with Crippen LogP contribution in [0.15, 0.2) is 24.3 Å². The molecule has 0 radical (unpaired) electrons. The average Bonchev–Trinajstić information content (AvgIpc) is 2.33. The van der Waals surface area contributed by atoms with Crippen molar-refractivity contribution in [2.75, 3.05) is 10.6 Å². The van der Waals surface area contributed by atoms with E-state index in [2.05, 4.69) is 30.5 Å². The third kappa shape index (κ3) is 3.98. The van der Waals surface area contributed by atoms with Gasteiger partial charge in [0.05, 0.1) is 0 Å². The van der Waals surface area contributed by atoms with Crippen molar-refractivity contribution in [1.29, 1.82) is 0 Å². The van der Waals surface area contributed by atoms with Crippen LogP contribution in [-0.2, 0) is 4.79 Å². The zero-order valence-corrected chi connectivity index (χ0v) is 12.1. The second kappa shape index (κ2) is 6.09. The van der Waals surface area contributed by atoms with E-state index in [0.29, 0.717) is 12.0 Å². The minimum Gasteiger partial charge on any atom is -0.382 e. The fourth-order valence-corrected chi connectivity index (χ4v) is 2.84. The molecule has 0 spiro atoms. The van der Waals surface area contributed by atoms with Gasteiger partial charge >= 0.3 is 0 Å². The summed E-state index contributed by atoms with van der Waals surface area (Å²) in [5, 5.41) is 6.45. The fourth-order valence-electron chi connectivity index (χ4n) is 2.84. The van der Waals surface area contributed by atoms with E-state index in [0.717, 1.165) is 17.3 Å². The number of hydrogen-bond donors (Lipinski definition) is 2. The second-order valence-corrected chi connectivity index (χ2v) is 5.91. The van der Waals surface area contributed by atoms with Gasteiger partial charge in [-0.05, 0) is 42.9 Å². The normalized spacial score (nSPS) is 26.8. The topological polar surface area (TPSA) is 41.1 Å². The quantitative estimate of drug-likeness (QED) is 0.866. The number of rotatable bonds is 3. The van der Waals surface area contributed by atoms with Gasteiger partial charge in [0.25, 0.3) is 0 Å². The van der Waals surface area contributed by atoms with Crippen LogP contribution in [-0.4, -0.2) is 11.9 Å². The Morgan fingerprint density at radius 1 is 1.21 bits per heavy atom. The fraction of sp³-hybridized carbons (Fsp3) is 0.562. The molecule has 1 saturated carbocycles. The van der Waals surface area contributed by atoms with Crippen molar-refractivity contribution in [2.45, 2.75) is 46.1 Å². The van der Waals surface area contributed by atoms with Crippen molar-refractivity contribution >= 4 is 17.3 Å². The molecule has 1 aromatic carbocycles. The van der Waals surface area contributed by atoms with Crippen LogP contribution in [0.25, 0.3) is 0 Å². The predicted molar refractivity (Wildman–Crippen MR) is 80.3 cm³/mol. The first-order valence-corrected chi connectivity index (χ1v) is 7.19. The Labute approximate surface area is 115 Å². The lowest BCUT2D eigenvalue weighted by Gasteiger charge is -2.34. The summed E-state index contributed by atoms with van der Waals surface area (Å²) in [4.78, 5) is 11.1. The smallest absolute Gasteiger partial charge is 0.221 e. The third-order valence-electron chi connectivity index (χ3n) is 3.99. The van der Waals surface area contributed by atoms with Gasteiger partial charge in [0.1, 0.15) is 0 Å². The second-order valence-electron chi connectivity index (χ2n) is 5.91. The van der Waals surface area contributed by atoms with Gasteiger partial charge < -0.3 is 10.6 Å². The molecule has 1 aliphatic carbocycles. The van der Waals surface area contributed by atoms with E-state index in [1.54, 1.807) is 0 Å². The maximum absolute atomic E-state index is 11.1. The van der Waals surface area contributed by atoms with Crippen molar-refractivity contribution in [3.63, 3.8) is 0 Å². The molecule has 104 valence electrons. The summed E-state index contributed by atoms with van der Waals surface area (Å²) in [5.74, 6) is 1.48. The Hall–Kier alpha value is -1.51. The molecule has 0 aromatic heterocycles. The van der Waals surface area contributed by atoms with E-state index >= 15 is 0 Å². The third-order valence-corrected chi connectivity index (χ3v) is 3.99. The highest BCUT2D eigenvalue weighted by atomic mass is 16.1. The summed E-state index contributed by atoms with van der Waals surface area (Å²) in [6, 6.07) is 8.51. The SMILES string of the molecule is CC(=O)Nc1cccc(NC2CC(C)CCC2C)c1. The molecular weight excluding hydrogens is 236 g/mol. The minimum absolute atomic E-state index is 0.0307. The molecule has 0 saturated heterocycles. The Morgan fingerprint density at radius 3 is 2.68 bits per heavy atom. The van der Waals surface area contributed by atoms with Crippen LogP contribution in [0.3, 0.4) is 0 Å². The van der Waals surface area contributed by atoms with Crippen LogP contribution in [0.1, 0.15) is 40.0 Å². The Balaban J connectivity index is 2.03. The number of carbonyl (C=O) groups is 1. The summed E-state index contributed by atoms with van der Waals surface area (Å²) >= 11 is 0. The van der Waals surface area contributed by atoms with Crippen molar-refractivity contribution in [3.8, 4) is 0 Å². The van der Waals surface area contributed by atoms with Gasteiger partial charge in [-0.25, -0.2) is 0 Å². The number of hydrogen-bond acceptors (Lipinski definition) is 2. The maximum atomic E-state index is 11.1. The number of amides is 1. The van der Waals surface area contributed by atoms with Gasteiger partial charge in [-0.2, -0.15) is 0 Å². The molecule has 1 aliphatic rings. The molecule has 1 aromatic rings. The molecule has 1 fully saturated rings. The minimum atomic E-state index is -0.0307. The van der Waals surface area contributed by atoms with E-state index in [1.807, 2.05) is 18.2 Å². The summed E-state index contributed by atoms with van der Waals surface area (Å²) in [5.41, 5.74) is 1.95. The zero-order valence-electron chi connectivity index (χ0n) is 12.1. The van der Waals surface area contributed by atoms with Crippen LogP contribution in [0.4, 0.5) is 11.4 Å². The monoisotopic (exact) mass is 260 g/mol. The lowest BCUT2D eigenvalue weighted by molar-refractivity contribution is -0.114. The highest BCUT2D eigenvalue weighted by molar-refractivity contribution is 5.89. The molecule has 0 aliphatic heterocycles. The average molecular weight is 260 g/mol. The zero-order chi connectivity index (χ0) is 13.8. The van der Waals surface area contributed by atoms with Crippen molar-refractivity contribution in [1.82, 2.24) is 0 Å². The van der Waals surface area contributed by atoms with E-state index in [1.165, 1.54) is 26.2 Å². The van der Waals surface area contributed by atoms with Gasteiger partial charge in [-0.3, -0.25) is 4.79 Å². The summed E-state index contributed by atoms with van der Waals surface area (Å²) in [6.45, 7) is 6.18. The van der Waals surface area contributed by atoms with E-state index in [9.17, 15) is 4.79 Å². The first-order valence-electron chi connectivity index (χ1n) is 7.19. The Bertz CT molecular complexity index is 444. The summed E-state index contributed by atoms with van der Waals surface area (Å²) < 4.78 is 0. The van der Waals surface area contributed by atoms with Crippen LogP contribution in [0.2, 0.25) is 0 Å². The van der Waals surface area contributed by atoms with E-state index in [4.69, 9.17) is 0 Å². The highest BCUT2D eigenvalue weighted by Crippen LogP contribution is 2.31. The molecule has 3 heteroatoms. The molecular formula is C16H24N2O. The highest BCUT2D eigenvalue weighted by Gasteiger charge is 2.25. The van der Waals surface area contributed by atoms with Gasteiger partial charge in [0, 0.05) is 24.3 Å². The number of carbonyl (C=O) groups excluding carboxylic acids is 1. The van der Waals surface area contributed by atoms with E-state index < -0.39 is 0 Å². The first kappa shape index (κ1) is 13.9. The Morgan fingerprint density at radius 2 is 1.95 bits per heavy atom. The van der Waals surface area contributed by atoms with Crippen molar-refractivity contribution < 1.29 is 4.79 Å². The molecule has 0 bridgehead atoms. The van der Waals surface area contributed by atoms with Crippen LogP contribution in [0.5, 0.6) is 0 Å². The molecule has 3 unspecified atom stereocenters. The standard InChI is InChI=1S/C16H24N2O/c1-11-7-8-12(2)16(9-11)18-15-6-4-5-14(10-15)17-13(3)19/h4-6,10-12,16,18H,7-9H2,1-3H3,(H,17,19). The summed E-state index contributed by atoms with van der Waals surface area (Å²) in [7, 11) is 0.